The molecule has 4 rings (SSSR count). The van der Waals surface area contributed by atoms with E-state index in [0.717, 1.165) is 18.9 Å². The van der Waals surface area contributed by atoms with Crippen molar-refractivity contribution in [2.24, 2.45) is 11.7 Å². The van der Waals surface area contributed by atoms with Gasteiger partial charge in [0.05, 0.1) is 21.6 Å². The average molecular weight is 480 g/mol. The predicted octanol–water partition coefficient (Wildman–Crippen LogP) is 3.32. The van der Waals surface area contributed by atoms with Gasteiger partial charge in [0, 0.05) is 31.2 Å². The fourth-order valence-electron chi connectivity index (χ4n) is 4.36. The van der Waals surface area contributed by atoms with Crippen molar-refractivity contribution >= 4 is 40.1 Å². The van der Waals surface area contributed by atoms with E-state index in [1.165, 1.54) is 6.20 Å². The molecule has 178 valence electrons. The molecule has 1 saturated carbocycles. The van der Waals surface area contributed by atoms with E-state index in [2.05, 4.69) is 0 Å². The lowest BCUT2D eigenvalue weighted by molar-refractivity contribution is -0.157. The molecule has 2 aliphatic rings. The van der Waals surface area contributed by atoms with Crippen LogP contribution in [0.2, 0.25) is 5.02 Å². The van der Waals surface area contributed by atoms with Crippen LogP contribution in [-0.4, -0.2) is 46.3 Å². The van der Waals surface area contributed by atoms with E-state index in [9.17, 15) is 19.5 Å². The molecular weight excluding hydrogens is 453 g/mol. The molecule has 0 amide bonds. The molecular formula is C23H27ClFN3O5. The Labute approximate surface area is 195 Å². The van der Waals surface area contributed by atoms with Gasteiger partial charge in [0.2, 0.25) is 5.43 Å². The van der Waals surface area contributed by atoms with Gasteiger partial charge in [-0.05, 0) is 46.1 Å². The second-order valence-electron chi connectivity index (χ2n) is 9.79. The van der Waals surface area contributed by atoms with Crippen LogP contribution >= 0.6 is 11.6 Å². The Kier molecular flexibility index (Phi) is 5.90. The van der Waals surface area contributed by atoms with Crippen molar-refractivity contribution in [2.75, 3.05) is 18.0 Å². The van der Waals surface area contributed by atoms with Crippen LogP contribution in [-0.2, 0) is 9.53 Å². The van der Waals surface area contributed by atoms with Crippen molar-refractivity contribution < 1.29 is 23.8 Å². The highest BCUT2D eigenvalue weighted by atomic mass is 35.5. The number of esters is 1. The number of hydrogen-bond acceptors (Lipinski definition) is 6. The maximum absolute atomic E-state index is 15.3. The van der Waals surface area contributed by atoms with Gasteiger partial charge >= 0.3 is 11.9 Å². The number of halogens is 2. The first-order valence-corrected chi connectivity index (χ1v) is 11.3. The summed E-state index contributed by atoms with van der Waals surface area (Å²) < 4.78 is 22.3. The molecule has 1 aromatic heterocycles. The number of rotatable bonds is 5. The summed E-state index contributed by atoms with van der Waals surface area (Å²) in [6, 6.07) is 0.207. The fraction of sp³-hybridized carbons (Fsp3) is 0.522. The highest BCUT2D eigenvalue weighted by molar-refractivity contribution is 6.38. The summed E-state index contributed by atoms with van der Waals surface area (Å²) in [7, 11) is 0. The monoisotopic (exact) mass is 479 g/mol. The number of anilines is 1. The second kappa shape index (κ2) is 8.29. The van der Waals surface area contributed by atoms with Gasteiger partial charge in [0.15, 0.2) is 0 Å². The third-order valence-corrected chi connectivity index (χ3v) is 6.44. The maximum Gasteiger partial charge on any atom is 0.341 e. The van der Waals surface area contributed by atoms with Crippen molar-refractivity contribution in [1.82, 2.24) is 4.57 Å². The van der Waals surface area contributed by atoms with Gasteiger partial charge in [-0.3, -0.25) is 9.59 Å². The minimum Gasteiger partial charge on any atom is -0.477 e. The molecule has 0 radical (unpaired) electrons. The Morgan fingerprint density at radius 1 is 1.30 bits per heavy atom. The number of carbonyl (C=O) groups is 2. The summed E-state index contributed by atoms with van der Waals surface area (Å²) >= 11 is 6.67. The Bertz CT molecular complexity index is 1200. The van der Waals surface area contributed by atoms with E-state index in [4.69, 9.17) is 22.1 Å². The third-order valence-electron chi connectivity index (χ3n) is 6.08. The van der Waals surface area contributed by atoms with Crippen molar-refractivity contribution in [3.05, 3.63) is 38.9 Å². The van der Waals surface area contributed by atoms with E-state index in [-0.39, 0.29) is 28.1 Å². The standard InChI is InChI=1S/C23H27ClFN3O5/c1-23(2,3)33-22(32)17(26)11-6-7-27(9-11)19-15(25)8-13-18(16(19)24)28(12-4-5-12)10-14(20(13)29)21(30)31/h8,10-12,17H,4-7,9,26H2,1-3H3,(H,30,31). The number of aromatic nitrogens is 1. The van der Waals surface area contributed by atoms with Gasteiger partial charge in [-0.25, -0.2) is 9.18 Å². The van der Waals surface area contributed by atoms with Crippen LogP contribution in [0.4, 0.5) is 10.1 Å². The Hall–Kier alpha value is -2.65. The van der Waals surface area contributed by atoms with Crippen LogP contribution < -0.4 is 16.1 Å². The van der Waals surface area contributed by atoms with Crippen LogP contribution in [0.25, 0.3) is 10.9 Å². The number of ether oxygens (including phenoxy) is 1. The lowest BCUT2D eigenvalue weighted by Gasteiger charge is -2.26. The number of carbonyl (C=O) groups excluding carboxylic acids is 1. The number of fused-ring (bicyclic) bond motifs is 1. The molecule has 3 N–H and O–H groups in total. The molecule has 1 aliphatic heterocycles. The third kappa shape index (κ3) is 4.44. The lowest BCUT2D eigenvalue weighted by atomic mass is 9.99. The van der Waals surface area contributed by atoms with Crippen LogP contribution in [0.5, 0.6) is 0 Å². The van der Waals surface area contributed by atoms with Crippen LogP contribution in [0.1, 0.15) is 56.4 Å². The zero-order chi connectivity index (χ0) is 24.2. The van der Waals surface area contributed by atoms with Crippen LogP contribution in [0.3, 0.4) is 0 Å². The smallest absolute Gasteiger partial charge is 0.341 e. The first-order chi connectivity index (χ1) is 15.4. The highest BCUT2D eigenvalue weighted by Gasteiger charge is 2.37. The lowest BCUT2D eigenvalue weighted by Crippen LogP contribution is -2.43. The van der Waals surface area contributed by atoms with Gasteiger partial charge in [0.25, 0.3) is 0 Å². The molecule has 2 aromatic rings. The summed E-state index contributed by atoms with van der Waals surface area (Å²) in [6.07, 6.45) is 3.47. The normalized spacial score (nSPS) is 19.7. The number of aromatic carboxylic acids is 1. The number of nitrogens with zero attached hydrogens (tertiary/aromatic N) is 2. The van der Waals surface area contributed by atoms with Gasteiger partial charge < -0.3 is 25.0 Å². The molecule has 2 heterocycles. The van der Waals surface area contributed by atoms with Crippen LogP contribution in [0.15, 0.2) is 17.1 Å². The number of benzene rings is 1. The number of nitrogens with two attached hydrogens (primary N) is 1. The van der Waals surface area contributed by atoms with E-state index in [0.29, 0.717) is 25.0 Å². The van der Waals surface area contributed by atoms with Gasteiger partial charge in [-0.1, -0.05) is 11.6 Å². The topological polar surface area (TPSA) is 115 Å². The molecule has 33 heavy (non-hydrogen) atoms. The van der Waals surface area contributed by atoms with E-state index < -0.39 is 40.4 Å². The molecule has 0 bridgehead atoms. The van der Waals surface area contributed by atoms with Crippen molar-refractivity contribution in [2.45, 2.75) is 57.7 Å². The molecule has 1 aromatic carbocycles. The van der Waals surface area contributed by atoms with E-state index in [1.807, 2.05) is 0 Å². The summed E-state index contributed by atoms with van der Waals surface area (Å²) in [5.74, 6) is -2.86. The van der Waals surface area contributed by atoms with E-state index >= 15 is 4.39 Å². The van der Waals surface area contributed by atoms with E-state index in [1.54, 1.807) is 30.2 Å². The zero-order valence-corrected chi connectivity index (χ0v) is 19.5. The molecule has 1 saturated heterocycles. The number of pyridine rings is 1. The molecule has 2 unspecified atom stereocenters. The van der Waals surface area contributed by atoms with Crippen molar-refractivity contribution in [3.63, 3.8) is 0 Å². The number of hydrogen-bond donors (Lipinski definition) is 2. The molecule has 10 heteroatoms. The first kappa shape index (κ1) is 23.5. The number of carboxylic acids is 1. The molecule has 8 nitrogen and oxygen atoms in total. The second-order valence-corrected chi connectivity index (χ2v) is 10.2. The van der Waals surface area contributed by atoms with Gasteiger partial charge in [-0.15, -0.1) is 0 Å². The summed E-state index contributed by atoms with van der Waals surface area (Å²) in [6.45, 7) is 6.00. The predicted molar refractivity (Wildman–Crippen MR) is 123 cm³/mol. The SMILES string of the molecule is CC(C)(C)OC(=O)C(N)C1CCN(c2c(F)cc3c(=O)c(C(=O)O)cn(C4CC4)c3c2Cl)C1. The zero-order valence-electron chi connectivity index (χ0n) is 18.7. The van der Waals surface area contributed by atoms with Crippen LogP contribution in [0, 0.1) is 11.7 Å². The summed E-state index contributed by atoms with van der Waals surface area (Å²) in [4.78, 5) is 38.4. The minimum atomic E-state index is -1.37. The Morgan fingerprint density at radius 3 is 2.55 bits per heavy atom. The largest absolute Gasteiger partial charge is 0.477 e. The van der Waals surface area contributed by atoms with Gasteiger partial charge in [0.1, 0.15) is 23.0 Å². The van der Waals surface area contributed by atoms with Gasteiger partial charge in [-0.2, -0.15) is 0 Å². The molecule has 2 fully saturated rings. The maximum atomic E-state index is 15.3. The highest BCUT2D eigenvalue weighted by Crippen LogP contribution is 2.43. The number of carboxylic acid groups (broad SMARTS) is 1. The summed E-state index contributed by atoms with van der Waals surface area (Å²) in [5.41, 5.74) is 4.74. The molecule has 2 atom stereocenters. The Balaban J connectivity index is 1.72. The fourth-order valence-corrected chi connectivity index (χ4v) is 4.77. The molecule has 0 spiro atoms. The first-order valence-electron chi connectivity index (χ1n) is 10.9. The average Bonchev–Trinajstić information content (AvgIpc) is 3.44. The quantitative estimate of drug-likeness (QED) is 0.632. The molecule has 1 aliphatic carbocycles. The minimum absolute atomic E-state index is 0.00827. The van der Waals surface area contributed by atoms with Crippen molar-refractivity contribution in [3.8, 4) is 0 Å². The van der Waals surface area contributed by atoms with Crippen molar-refractivity contribution in [1.29, 1.82) is 0 Å². The Morgan fingerprint density at radius 2 is 1.97 bits per heavy atom. The summed E-state index contributed by atoms with van der Waals surface area (Å²) in [5, 5.41) is 9.41.